The van der Waals surface area contributed by atoms with Gasteiger partial charge in [0.2, 0.25) is 0 Å². The van der Waals surface area contributed by atoms with Crippen molar-refractivity contribution < 1.29 is 9.90 Å². The van der Waals surface area contributed by atoms with Crippen LogP contribution in [-0.4, -0.2) is 35.1 Å². The molecule has 0 saturated carbocycles. The monoisotopic (exact) mass is 241 g/mol. The number of hydrogen-bond donors (Lipinski definition) is 1. The van der Waals surface area contributed by atoms with Crippen molar-refractivity contribution in [3.63, 3.8) is 0 Å². The maximum Gasteiger partial charge on any atom is 0.303 e. The van der Waals surface area contributed by atoms with Crippen LogP contribution in [0.15, 0.2) is 0 Å². The first-order valence-corrected chi connectivity index (χ1v) is 7.09. The Kier molecular flexibility index (Phi) is 6.56. The highest BCUT2D eigenvalue weighted by atomic mass is 16.4. The molecule has 0 spiro atoms. The quantitative estimate of drug-likeness (QED) is 0.776. The zero-order valence-electron chi connectivity index (χ0n) is 11.3. The molecule has 2 unspecified atom stereocenters. The van der Waals surface area contributed by atoms with E-state index < -0.39 is 5.97 Å². The van der Waals surface area contributed by atoms with Gasteiger partial charge >= 0.3 is 5.97 Å². The molecular weight excluding hydrogens is 214 g/mol. The molecule has 1 heterocycles. The van der Waals surface area contributed by atoms with Crippen LogP contribution < -0.4 is 0 Å². The average molecular weight is 241 g/mol. The van der Waals surface area contributed by atoms with E-state index in [4.69, 9.17) is 5.11 Å². The van der Waals surface area contributed by atoms with E-state index in [0.717, 1.165) is 25.4 Å². The number of carboxylic acids is 1. The summed E-state index contributed by atoms with van der Waals surface area (Å²) >= 11 is 0. The summed E-state index contributed by atoms with van der Waals surface area (Å²) in [4.78, 5) is 13.1. The number of carbonyl (C=O) groups is 1. The summed E-state index contributed by atoms with van der Waals surface area (Å²) in [5, 5.41) is 8.71. The topological polar surface area (TPSA) is 40.5 Å². The van der Waals surface area contributed by atoms with Gasteiger partial charge in [0.1, 0.15) is 0 Å². The van der Waals surface area contributed by atoms with Gasteiger partial charge in [-0.25, -0.2) is 0 Å². The number of rotatable bonds is 6. The smallest absolute Gasteiger partial charge is 0.303 e. The number of hydrogen-bond acceptors (Lipinski definition) is 2. The fourth-order valence-electron chi connectivity index (χ4n) is 2.84. The van der Waals surface area contributed by atoms with Crippen molar-refractivity contribution in [2.24, 2.45) is 5.92 Å². The Labute approximate surface area is 105 Å². The van der Waals surface area contributed by atoms with E-state index >= 15 is 0 Å². The lowest BCUT2D eigenvalue weighted by Crippen LogP contribution is -2.34. The maximum atomic E-state index is 10.6. The first-order chi connectivity index (χ1) is 8.13. The molecule has 0 aromatic carbocycles. The highest BCUT2D eigenvalue weighted by Crippen LogP contribution is 2.23. The van der Waals surface area contributed by atoms with Crippen molar-refractivity contribution in [1.82, 2.24) is 4.90 Å². The Balaban J connectivity index is 2.31. The Hall–Kier alpha value is -0.570. The molecule has 0 amide bonds. The molecule has 3 nitrogen and oxygen atoms in total. The molecule has 1 rings (SSSR count). The van der Waals surface area contributed by atoms with Gasteiger partial charge in [-0.2, -0.15) is 0 Å². The largest absolute Gasteiger partial charge is 0.481 e. The fraction of sp³-hybridized carbons (Fsp3) is 0.929. The first-order valence-electron chi connectivity index (χ1n) is 7.09. The van der Waals surface area contributed by atoms with E-state index in [1.54, 1.807) is 0 Å². The summed E-state index contributed by atoms with van der Waals surface area (Å²) in [6, 6.07) is 0.423. The number of nitrogens with zero attached hydrogens (tertiary/aromatic N) is 1. The SMILES string of the molecule is CCCC1CCCN(C(C)CCC(=O)O)CC1. The summed E-state index contributed by atoms with van der Waals surface area (Å²) in [5.41, 5.74) is 0. The van der Waals surface area contributed by atoms with Gasteiger partial charge in [0.15, 0.2) is 0 Å². The van der Waals surface area contributed by atoms with Gasteiger partial charge in [0, 0.05) is 12.5 Å². The van der Waals surface area contributed by atoms with E-state index in [-0.39, 0.29) is 0 Å². The zero-order valence-corrected chi connectivity index (χ0v) is 11.3. The van der Waals surface area contributed by atoms with Crippen molar-refractivity contribution in [2.45, 2.75) is 64.8 Å². The summed E-state index contributed by atoms with van der Waals surface area (Å²) in [7, 11) is 0. The second-order valence-corrected chi connectivity index (χ2v) is 5.40. The highest BCUT2D eigenvalue weighted by molar-refractivity contribution is 5.66. The number of likely N-dealkylation sites (tertiary alicyclic amines) is 1. The van der Waals surface area contributed by atoms with Crippen LogP contribution in [0.3, 0.4) is 0 Å². The lowest BCUT2D eigenvalue weighted by molar-refractivity contribution is -0.137. The van der Waals surface area contributed by atoms with E-state index in [1.165, 1.54) is 32.1 Å². The molecule has 0 bridgehead atoms. The van der Waals surface area contributed by atoms with E-state index in [0.29, 0.717) is 12.5 Å². The molecule has 1 saturated heterocycles. The molecule has 1 aliphatic rings. The van der Waals surface area contributed by atoms with Crippen molar-refractivity contribution >= 4 is 5.97 Å². The molecule has 0 radical (unpaired) electrons. The summed E-state index contributed by atoms with van der Waals surface area (Å²) in [6.45, 7) is 6.74. The van der Waals surface area contributed by atoms with Gasteiger partial charge in [-0.3, -0.25) is 4.79 Å². The van der Waals surface area contributed by atoms with E-state index in [9.17, 15) is 4.79 Å². The predicted octanol–water partition coefficient (Wildman–Crippen LogP) is 3.14. The maximum absolute atomic E-state index is 10.6. The predicted molar refractivity (Wildman–Crippen MR) is 70.2 cm³/mol. The van der Waals surface area contributed by atoms with Gasteiger partial charge in [0.05, 0.1) is 0 Å². The first kappa shape index (κ1) is 14.5. The summed E-state index contributed by atoms with van der Waals surface area (Å²) < 4.78 is 0. The second kappa shape index (κ2) is 7.70. The Bertz CT molecular complexity index is 230. The Morgan fingerprint density at radius 1 is 1.41 bits per heavy atom. The van der Waals surface area contributed by atoms with Crippen molar-refractivity contribution in [3.05, 3.63) is 0 Å². The molecule has 0 aliphatic carbocycles. The molecule has 0 aromatic heterocycles. The van der Waals surface area contributed by atoms with E-state index in [2.05, 4.69) is 18.7 Å². The van der Waals surface area contributed by atoms with Crippen molar-refractivity contribution in [1.29, 1.82) is 0 Å². The molecule has 2 atom stereocenters. The lowest BCUT2D eigenvalue weighted by Gasteiger charge is -2.27. The zero-order chi connectivity index (χ0) is 12.7. The molecule has 100 valence electrons. The number of carboxylic acid groups (broad SMARTS) is 1. The van der Waals surface area contributed by atoms with Crippen LogP contribution in [0.1, 0.15) is 58.8 Å². The molecule has 1 fully saturated rings. The van der Waals surface area contributed by atoms with Gasteiger partial charge in [-0.05, 0) is 51.6 Å². The molecule has 17 heavy (non-hydrogen) atoms. The average Bonchev–Trinajstić information content (AvgIpc) is 2.52. The lowest BCUT2D eigenvalue weighted by atomic mass is 9.96. The third-order valence-corrected chi connectivity index (χ3v) is 3.98. The van der Waals surface area contributed by atoms with Gasteiger partial charge in [0.25, 0.3) is 0 Å². The van der Waals surface area contributed by atoms with Gasteiger partial charge in [-0.15, -0.1) is 0 Å². The van der Waals surface area contributed by atoms with Gasteiger partial charge in [-0.1, -0.05) is 19.8 Å². The van der Waals surface area contributed by atoms with E-state index in [1.807, 2.05) is 0 Å². The molecular formula is C14H27NO2. The van der Waals surface area contributed by atoms with Crippen LogP contribution in [0.5, 0.6) is 0 Å². The third kappa shape index (κ3) is 5.53. The minimum absolute atomic E-state index is 0.302. The summed E-state index contributed by atoms with van der Waals surface area (Å²) in [5.74, 6) is 0.229. The Morgan fingerprint density at radius 3 is 2.82 bits per heavy atom. The molecule has 3 heteroatoms. The van der Waals surface area contributed by atoms with Crippen LogP contribution >= 0.6 is 0 Å². The van der Waals surface area contributed by atoms with Crippen LogP contribution in [0.4, 0.5) is 0 Å². The van der Waals surface area contributed by atoms with Crippen LogP contribution in [-0.2, 0) is 4.79 Å². The van der Waals surface area contributed by atoms with Crippen LogP contribution in [0, 0.1) is 5.92 Å². The highest BCUT2D eigenvalue weighted by Gasteiger charge is 2.20. The minimum Gasteiger partial charge on any atom is -0.481 e. The van der Waals surface area contributed by atoms with Crippen LogP contribution in [0.2, 0.25) is 0 Å². The second-order valence-electron chi connectivity index (χ2n) is 5.40. The fourth-order valence-corrected chi connectivity index (χ4v) is 2.84. The molecule has 0 aromatic rings. The normalized spacial score (nSPS) is 24.2. The summed E-state index contributed by atoms with van der Waals surface area (Å²) in [6.07, 6.45) is 7.67. The standard InChI is InChI=1S/C14H27NO2/c1-3-5-13-6-4-10-15(11-9-13)12(2)7-8-14(16)17/h12-13H,3-11H2,1-2H3,(H,16,17). The molecule has 1 N–H and O–H groups in total. The van der Waals surface area contributed by atoms with Gasteiger partial charge < -0.3 is 10.0 Å². The number of aliphatic carboxylic acids is 1. The van der Waals surface area contributed by atoms with Crippen LogP contribution in [0.25, 0.3) is 0 Å². The third-order valence-electron chi connectivity index (χ3n) is 3.98. The van der Waals surface area contributed by atoms with Crippen molar-refractivity contribution in [3.8, 4) is 0 Å². The Morgan fingerprint density at radius 2 is 2.18 bits per heavy atom. The minimum atomic E-state index is -0.671. The molecule has 1 aliphatic heterocycles. The van der Waals surface area contributed by atoms with Crippen molar-refractivity contribution in [2.75, 3.05) is 13.1 Å².